The van der Waals surface area contributed by atoms with Gasteiger partial charge in [-0.05, 0) is 18.4 Å². The maximum Gasteiger partial charge on any atom is 0.0193 e. The summed E-state index contributed by atoms with van der Waals surface area (Å²) in [4.78, 5) is 2.59. The topological polar surface area (TPSA) is 15.3 Å². The average Bonchev–Trinajstić information content (AvgIpc) is 2.33. The third-order valence-corrected chi connectivity index (χ3v) is 3.52. The van der Waals surface area contributed by atoms with Crippen molar-refractivity contribution in [3.05, 3.63) is 35.9 Å². The molecular weight excluding hydrogens is 232 g/mol. The first-order valence-corrected chi connectivity index (χ1v) is 6.27. The Morgan fingerprint density at radius 3 is 2.71 bits per heavy atom. The molecular formula is C14H23ClN2. The normalized spacial score (nSPS) is 22.8. The second kappa shape index (κ2) is 7.00. The molecule has 1 aromatic carbocycles. The average molecular weight is 255 g/mol. The summed E-state index contributed by atoms with van der Waals surface area (Å²) in [5.74, 6) is 0.627. The van der Waals surface area contributed by atoms with E-state index in [-0.39, 0.29) is 12.4 Å². The van der Waals surface area contributed by atoms with Crippen LogP contribution in [0.5, 0.6) is 0 Å². The SMILES string of the molecule is CC(CN1CCNC[C@@H]1C)c1ccccc1.Cl. The molecule has 1 unspecified atom stereocenters. The molecule has 0 amide bonds. The van der Waals surface area contributed by atoms with E-state index in [1.54, 1.807) is 0 Å². The molecule has 96 valence electrons. The van der Waals surface area contributed by atoms with Gasteiger partial charge in [-0.25, -0.2) is 0 Å². The number of rotatable bonds is 3. The van der Waals surface area contributed by atoms with Gasteiger partial charge in [0.25, 0.3) is 0 Å². The van der Waals surface area contributed by atoms with Crippen molar-refractivity contribution < 1.29 is 0 Å². The molecule has 17 heavy (non-hydrogen) atoms. The van der Waals surface area contributed by atoms with Gasteiger partial charge in [0.05, 0.1) is 0 Å². The Hall–Kier alpha value is -0.570. The molecule has 1 aromatic rings. The number of nitrogens with zero attached hydrogens (tertiary/aromatic N) is 1. The second-order valence-electron chi connectivity index (χ2n) is 4.86. The highest BCUT2D eigenvalue weighted by Crippen LogP contribution is 2.17. The zero-order chi connectivity index (χ0) is 11.4. The van der Waals surface area contributed by atoms with Crippen molar-refractivity contribution in [3.63, 3.8) is 0 Å². The predicted octanol–water partition coefficient (Wildman–Crippen LogP) is 2.51. The van der Waals surface area contributed by atoms with Crippen LogP contribution in [0.1, 0.15) is 25.3 Å². The molecule has 1 fully saturated rings. The lowest BCUT2D eigenvalue weighted by Gasteiger charge is -2.35. The predicted molar refractivity (Wildman–Crippen MR) is 76.0 cm³/mol. The molecule has 1 aliphatic rings. The van der Waals surface area contributed by atoms with Gasteiger partial charge in [0.1, 0.15) is 0 Å². The molecule has 3 heteroatoms. The standard InChI is InChI=1S/C14H22N2.ClH/c1-12(14-6-4-3-5-7-14)11-16-9-8-15-10-13(16)2;/h3-7,12-13,15H,8-11H2,1-2H3;1H/t12?,13-;/m0./s1. The van der Waals surface area contributed by atoms with E-state index in [2.05, 4.69) is 54.4 Å². The van der Waals surface area contributed by atoms with Gasteiger partial charge in [0.2, 0.25) is 0 Å². The van der Waals surface area contributed by atoms with Gasteiger partial charge in [-0.1, -0.05) is 37.3 Å². The van der Waals surface area contributed by atoms with E-state index in [1.807, 2.05) is 0 Å². The molecule has 2 nitrogen and oxygen atoms in total. The Kier molecular flexibility index (Phi) is 5.96. The van der Waals surface area contributed by atoms with Gasteiger partial charge < -0.3 is 5.32 Å². The Labute approximate surface area is 111 Å². The van der Waals surface area contributed by atoms with Gasteiger partial charge in [-0.3, -0.25) is 4.90 Å². The third kappa shape index (κ3) is 3.98. The summed E-state index contributed by atoms with van der Waals surface area (Å²) in [6.07, 6.45) is 0. The monoisotopic (exact) mass is 254 g/mol. The Balaban J connectivity index is 0.00000144. The third-order valence-electron chi connectivity index (χ3n) is 3.52. The zero-order valence-electron chi connectivity index (χ0n) is 10.7. The van der Waals surface area contributed by atoms with Gasteiger partial charge in [0.15, 0.2) is 0 Å². The lowest BCUT2D eigenvalue weighted by Crippen LogP contribution is -2.50. The van der Waals surface area contributed by atoms with Gasteiger partial charge in [-0.2, -0.15) is 0 Å². The number of hydrogen-bond acceptors (Lipinski definition) is 2. The fraction of sp³-hybridized carbons (Fsp3) is 0.571. The molecule has 2 atom stereocenters. The smallest absolute Gasteiger partial charge is 0.0193 e. The molecule has 0 radical (unpaired) electrons. The molecule has 1 N–H and O–H groups in total. The summed E-state index contributed by atoms with van der Waals surface area (Å²) < 4.78 is 0. The van der Waals surface area contributed by atoms with Crippen LogP contribution in [0.25, 0.3) is 0 Å². The molecule has 1 heterocycles. The van der Waals surface area contributed by atoms with Crippen LogP contribution < -0.4 is 5.32 Å². The van der Waals surface area contributed by atoms with E-state index in [1.165, 1.54) is 18.7 Å². The fourth-order valence-electron chi connectivity index (χ4n) is 2.39. The summed E-state index contributed by atoms with van der Waals surface area (Å²) >= 11 is 0. The van der Waals surface area contributed by atoms with Crippen molar-refractivity contribution >= 4 is 12.4 Å². The maximum absolute atomic E-state index is 3.44. The van der Waals surface area contributed by atoms with Crippen molar-refractivity contribution in [1.29, 1.82) is 0 Å². The Morgan fingerprint density at radius 2 is 2.06 bits per heavy atom. The van der Waals surface area contributed by atoms with E-state index in [0.29, 0.717) is 12.0 Å². The molecule has 1 aliphatic heterocycles. The Bertz CT molecular complexity index is 315. The molecule has 1 saturated heterocycles. The van der Waals surface area contributed by atoms with Crippen LogP contribution in [-0.2, 0) is 0 Å². The van der Waals surface area contributed by atoms with Crippen LogP contribution >= 0.6 is 12.4 Å². The highest BCUT2D eigenvalue weighted by molar-refractivity contribution is 5.85. The van der Waals surface area contributed by atoms with E-state index in [4.69, 9.17) is 0 Å². The number of benzene rings is 1. The summed E-state index contributed by atoms with van der Waals surface area (Å²) in [6.45, 7) is 9.24. The highest BCUT2D eigenvalue weighted by Gasteiger charge is 2.19. The van der Waals surface area contributed by atoms with Crippen LogP contribution in [0.2, 0.25) is 0 Å². The maximum atomic E-state index is 3.44. The van der Waals surface area contributed by atoms with Crippen molar-refractivity contribution in [2.45, 2.75) is 25.8 Å². The van der Waals surface area contributed by atoms with Crippen molar-refractivity contribution in [2.24, 2.45) is 0 Å². The highest BCUT2D eigenvalue weighted by atomic mass is 35.5. The Morgan fingerprint density at radius 1 is 1.35 bits per heavy atom. The van der Waals surface area contributed by atoms with Crippen LogP contribution in [0, 0.1) is 0 Å². The van der Waals surface area contributed by atoms with E-state index < -0.39 is 0 Å². The van der Waals surface area contributed by atoms with E-state index in [0.717, 1.165) is 13.1 Å². The molecule has 0 bridgehead atoms. The minimum Gasteiger partial charge on any atom is -0.314 e. The number of piperazine rings is 1. The summed E-state index contributed by atoms with van der Waals surface area (Å²) in [5, 5.41) is 3.44. The molecule has 0 aliphatic carbocycles. The zero-order valence-corrected chi connectivity index (χ0v) is 11.5. The first-order chi connectivity index (χ1) is 7.77. The van der Waals surface area contributed by atoms with Crippen molar-refractivity contribution in [3.8, 4) is 0 Å². The van der Waals surface area contributed by atoms with Crippen LogP contribution in [0.15, 0.2) is 30.3 Å². The molecule has 0 saturated carbocycles. The van der Waals surface area contributed by atoms with Gasteiger partial charge in [0, 0.05) is 32.2 Å². The quantitative estimate of drug-likeness (QED) is 0.892. The first-order valence-electron chi connectivity index (χ1n) is 6.27. The lowest BCUT2D eigenvalue weighted by molar-refractivity contribution is 0.166. The van der Waals surface area contributed by atoms with Gasteiger partial charge in [-0.15, -0.1) is 12.4 Å². The summed E-state index contributed by atoms with van der Waals surface area (Å²) in [5.41, 5.74) is 1.45. The number of halogens is 1. The molecule has 0 aromatic heterocycles. The van der Waals surface area contributed by atoms with E-state index in [9.17, 15) is 0 Å². The molecule has 2 rings (SSSR count). The van der Waals surface area contributed by atoms with Gasteiger partial charge >= 0.3 is 0 Å². The summed E-state index contributed by atoms with van der Waals surface area (Å²) in [7, 11) is 0. The first kappa shape index (κ1) is 14.5. The minimum absolute atomic E-state index is 0. The van der Waals surface area contributed by atoms with Crippen molar-refractivity contribution in [2.75, 3.05) is 26.2 Å². The van der Waals surface area contributed by atoms with Crippen LogP contribution in [0.3, 0.4) is 0 Å². The second-order valence-corrected chi connectivity index (χ2v) is 4.86. The van der Waals surface area contributed by atoms with Crippen LogP contribution in [0.4, 0.5) is 0 Å². The number of nitrogens with one attached hydrogen (secondary N) is 1. The van der Waals surface area contributed by atoms with E-state index >= 15 is 0 Å². The number of hydrogen-bond donors (Lipinski definition) is 1. The summed E-state index contributed by atoms with van der Waals surface area (Å²) in [6, 6.07) is 11.5. The van der Waals surface area contributed by atoms with Crippen molar-refractivity contribution in [1.82, 2.24) is 10.2 Å². The fourth-order valence-corrected chi connectivity index (χ4v) is 2.39. The lowest BCUT2D eigenvalue weighted by atomic mass is 10.00. The molecule has 0 spiro atoms. The van der Waals surface area contributed by atoms with Crippen LogP contribution in [-0.4, -0.2) is 37.1 Å². The largest absolute Gasteiger partial charge is 0.314 e. The minimum atomic E-state index is 0.